The van der Waals surface area contributed by atoms with Crippen molar-refractivity contribution in [3.8, 4) is 5.75 Å². The van der Waals surface area contributed by atoms with Crippen molar-refractivity contribution in [1.29, 1.82) is 0 Å². The van der Waals surface area contributed by atoms with Gasteiger partial charge in [0.25, 0.3) is 11.6 Å². The van der Waals surface area contributed by atoms with Gasteiger partial charge in [0.2, 0.25) is 0 Å². The second-order valence-electron chi connectivity index (χ2n) is 6.03. The number of anilines is 1. The Morgan fingerprint density at radius 1 is 1.19 bits per heavy atom. The second-order valence-corrected chi connectivity index (χ2v) is 6.03. The van der Waals surface area contributed by atoms with E-state index in [1.54, 1.807) is 36.3 Å². The van der Waals surface area contributed by atoms with Crippen molar-refractivity contribution in [2.24, 2.45) is 0 Å². The molecular weight excluding hydrogens is 334 g/mol. The van der Waals surface area contributed by atoms with Gasteiger partial charge in [0.05, 0.1) is 23.2 Å². The number of nitro groups is 1. The topological polar surface area (TPSA) is 85.6 Å². The maximum atomic E-state index is 12.9. The molecular formula is C19H15N3O4. The van der Waals surface area contributed by atoms with Gasteiger partial charge in [-0.2, -0.15) is 0 Å². The number of benzene rings is 2. The molecule has 3 aromatic rings. The summed E-state index contributed by atoms with van der Waals surface area (Å²) in [6.45, 7) is 0.484. The molecule has 2 heterocycles. The predicted octanol–water partition coefficient (Wildman–Crippen LogP) is 3.35. The van der Waals surface area contributed by atoms with E-state index in [4.69, 9.17) is 4.74 Å². The molecule has 130 valence electrons. The van der Waals surface area contributed by atoms with Crippen LogP contribution in [0, 0.1) is 10.1 Å². The summed E-state index contributed by atoms with van der Waals surface area (Å²) in [5.74, 6) is 0.459. The summed E-state index contributed by atoms with van der Waals surface area (Å²) in [6, 6.07) is 13.6. The van der Waals surface area contributed by atoms with Crippen LogP contribution in [0.2, 0.25) is 0 Å². The van der Waals surface area contributed by atoms with Crippen LogP contribution in [0.3, 0.4) is 0 Å². The Morgan fingerprint density at radius 3 is 2.81 bits per heavy atom. The van der Waals surface area contributed by atoms with Crippen LogP contribution in [0.15, 0.2) is 48.5 Å². The Hall–Kier alpha value is -3.48. The summed E-state index contributed by atoms with van der Waals surface area (Å²) in [4.78, 5) is 29.5. The van der Waals surface area contributed by atoms with E-state index in [2.05, 4.69) is 4.98 Å². The van der Waals surface area contributed by atoms with Crippen molar-refractivity contribution in [1.82, 2.24) is 4.98 Å². The standard InChI is InChI=1S/C19H15N3O4/c1-26-15-5-7-16-13(10-15)3-6-17(20-16)19(23)21-9-8-12-2-4-14(22(24)25)11-18(12)21/h2-7,10-11H,8-9H2,1H3. The maximum absolute atomic E-state index is 12.9. The third-order valence-corrected chi connectivity index (χ3v) is 4.54. The molecule has 0 N–H and O–H groups in total. The van der Waals surface area contributed by atoms with E-state index < -0.39 is 4.92 Å². The number of pyridine rings is 1. The molecule has 2 aromatic carbocycles. The summed E-state index contributed by atoms with van der Waals surface area (Å²) in [5.41, 5.74) is 2.48. The first-order valence-corrected chi connectivity index (χ1v) is 8.11. The lowest BCUT2D eigenvalue weighted by atomic mass is 10.1. The third kappa shape index (κ3) is 2.63. The zero-order valence-electron chi connectivity index (χ0n) is 14.0. The van der Waals surface area contributed by atoms with Gasteiger partial charge in [-0.25, -0.2) is 4.98 Å². The van der Waals surface area contributed by atoms with Crippen LogP contribution in [0.1, 0.15) is 16.1 Å². The minimum Gasteiger partial charge on any atom is -0.497 e. The summed E-state index contributed by atoms with van der Waals surface area (Å²) >= 11 is 0. The maximum Gasteiger partial charge on any atom is 0.276 e. The first-order chi connectivity index (χ1) is 12.6. The largest absolute Gasteiger partial charge is 0.497 e. The smallest absolute Gasteiger partial charge is 0.276 e. The zero-order chi connectivity index (χ0) is 18.3. The lowest BCUT2D eigenvalue weighted by Gasteiger charge is -2.17. The number of non-ortho nitro benzene ring substituents is 1. The Balaban J connectivity index is 1.70. The fourth-order valence-electron chi connectivity index (χ4n) is 3.18. The summed E-state index contributed by atoms with van der Waals surface area (Å²) in [6.07, 6.45) is 0.670. The number of fused-ring (bicyclic) bond motifs is 2. The van der Waals surface area contributed by atoms with Gasteiger partial charge >= 0.3 is 0 Å². The van der Waals surface area contributed by atoms with Crippen LogP contribution in [-0.2, 0) is 6.42 Å². The Morgan fingerprint density at radius 2 is 2.04 bits per heavy atom. The van der Waals surface area contributed by atoms with Crippen LogP contribution in [0.25, 0.3) is 10.9 Å². The average Bonchev–Trinajstić information content (AvgIpc) is 3.09. The van der Waals surface area contributed by atoms with Gasteiger partial charge in [0.15, 0.2) is 0 Å². The third-order valence-electron chi connectivity index (χ3n) is 4.54. The number of ether oxygens (including phenoxy) is 1. The molecule has 0 fully saturated rings. The highest BCUT2D eigenvalue weighted by atomic mass is 16.6. The molecule has 1 aromatic heterocycles. The molecule has 7 nitrogen and oxygen atoms in total. The van der Waals surface area contributed by atoms with E-state index in [0.717, 1.165) is 16.7 Å². The molecule has 0 bridgehead atoms. The monoisotopic (exact) mass is 349 g/mol. The number of hydrogen-bond acceptors (Lipinski definition) is 5. The lowest BCUT2D eigenvalue weighted by molar-refractivity contribution is -0.384. The van der Waals surface area contributed by atoms with Crippen molar-refractivity contribution in [3.05, 3.63) is 69.9 Å². The minimum absolute atomic E-state index is 0.0259. The molecule has 0 saturated carbocycles. The molecule has 7 heteroatoms. The fourth-order valence-corrected chi connectivity index (χ4v) is 3.18. The van der Waals surface area contributed by atoms with Crippen LogP contribution in [0.5, 0.6) is 5.75 Å². The number of rotatable bonds is 3. The Bertz CT molecular complexity index is 1050. The van der Waals surface area contributed by atoms with Crippen molar-refractivity contribution in [2.75, 3.05) is 18.6 Å². The van der Waals surface area contributed by atoms with Crippen molar-refractivity contribution in [2.45, 2.75) is 6.42 Å². The van der Waals surface area contributed by atoms with E-state index in [-0.39, 0.29) is 11.6 Å². The number of methoxy groups -OCH3 is 1. The highest BCUT2D eigenvalue weighted by Gasteiger charge is 2.28. The molecule has 0 aliphatic carbocycles. The highest BCUT2D eigenvalue weighted by molar-refractivity contribution is 6.07. The minimum atomic E-state index is -0.455. The van der Waals surface area contributed by atoms with Crippen LogP contribution in [-0.4, -0.2) is 29.5 Å². The van der Waals surface area contributed by atoms with Gasteiger partial charge in [0.1, 0.15) is 11.4 Å². The first-order valence-electron chi connectivity index (χ1n) is 8.11. The van der Waals surface area contributed by atoms with E-state index in [0.29, 0.717) is 29.9 Å². The normalized spacial score (nSPS) is 12.9. The van der Waals surface area contributed by atoms with E-state index in [9.17, 15) is 14.9 Å². The molecule has 1 amide bonds. The summed E-state index contributed by atoms with van der Waals surface area (Å²) in [5, 5.41) is 11.9. The van der Waals surface area contributed by atoms with Crippen LogP contribution in [0.4, 0.5) is 11.4 Å². The van der Waals surface area contributed by atoms with Gasteiger partial charge < -0.3 is 9.64 Å². The van der Waals surface area contributed by atoms with Crippen molar-refractivity contribution in [3.63, 3.8) is 0 Å². The molecule has 0 saturated heterocycles. The van der Waals surface area contributed by atoms with Gasteiger partial charge in [0, 0.05) is 24.1 Å². The highest BCUT2D eigenvalue weighted by Crippen LogP contribution is 2.32. The fraction of sp³-hybridized carbons (Fsp3) is 0.158. The number of hydrogen-bond donors (Lipinski definition) is 0. The molecule has 0 atom stereocenters. The lowest BCUT2D eigenvalue weighted by Crippen LogP contribution is -2.29. The van der Waals surface area contributed by atoms with Crippen molar-refractivity contribution < 1.29 is 14.5 Å². The van der Waals surface area contributed by atoms with Gasteiger partial charge in [-0.15, -0.1) is 0 Å². The van der Waals surface area contributed by atoms with Crippen LogP contribution < -0.4 is 9.64 Å². The first kappa shape index (κ1) is 16.0. The molecule has 1 aliphatic rings. The Labute approximate surface area is 149 Å². The molecule has 26 heavy (non-hydrogen) atoms. The number of amides is 1. The summed E-state index contributed by atoms with van der Waals surface area (Å²) in [7, 11) is 1.59. The Kier molecular flexibility index (Phi) is 3.76. The van der Waals surface area contributed by atoms with Gasteiger partial charge in [-0.05, 0) is 36.2 Å². The second kappa shape index (κ2) is 6.11. The molecule has 0 radical (unpaired) electrons. The van der Waals surface area contributed by atoms with Gasteiger partial charge in [-0.1, -0.05) is 12.1 Å². The van der Waals surface area contributed by atoms with E-state index in [1.165, 1.54) is 12.1 Å². The number of nitrogens with zero attached hydrogens (tertiary/aromatic N) is 3. The predicted molar refractivity (Wildman–Crippen MR) is 96.8 cm³/mol. The zero-order valence-corrected chi connectivity index (χ0v) is 14.0. The molecule has 0 spiro atoms. The van der Waals surface area contributed by atoms with Crippen molar-refractivity contribution >= 4 is 28.2 Å². The van der Waals surface area contributed by atoms with Gasteiger partial charge in [-0.3, -0.25) is 14.9 Å². The van der Waals surface area contributed by atoms with E-state index >= 15 is 0 Å². The number of carbonyl (C=O) groups excluding carboxylic acids is 1. The number of nitro benzene ring substituents is 1. The molecule has 0 unspecified atom stereocenters. The van der Waals surface area contributed by atoms with E-state index in [1.807, 2.05) is 12.1 Å². The molecule has 4 rings (SSSR count). The average molecular weight is 349 g/mol. The molecule has 1 aliphatic heterocycles. The van der Waals surface area contributed by atoms with Crippen LogP contribution >= 0.6 is 0 Å². The number of carbonyl (C=O) groups is 1. The summed E-state index contributed by atoms with van der Waals surface area (Å²) < 4.78 is 5.19. The quantitative estimate of drug-likeness (QED) is 0.535. The number of aromatic nitrogens is 1. The SMILES string of the molecule is COc1ccc2nc(C(=O)N3CCc4ccc([N+](=O)[O-])cc43)ccc2c1.